The van der Waals surface area contributed by atoms with Gasteiger partial charge in [-0.15, -0.1) is 0 Å². The zero-order valence-electron chi connectivity index (χ0n) is 19.8. The number of amides is 2. The first kappa shape index (κ1) is 25.6. The minimum absolute atomic E-state index is 0.0221. The van der Waals surface area contributed by atoms with E-state index in [0.29, 0.717) is 26.0 Å². The Morgan fingerprint density at radius 2 is 1.94 bits per heavy atom. The van der Waals surface area contributed by atoms with Crippen LogP contribution >= 0.6 is 0 Å². The number of carbonyl (C=O) groups is 3. The number of benzene rings is 1. The van der Waals surface area contributed by atoms with E-state index in [-0.39, 0.29) is 41.5 Å². The Bertz CT molecular complexity index is 775. The van der Waals surface area contributed by atoms with Crippen molar-refractivity contribution in [3.8, 4) is 0 Å². The van der Waals surface area contributed by atoms with Crippen molar-refractivity contribution >= 4 is 17.8 Å². The Labute approximate surface area is 192 Å². The maximum Gasteiger partial charge on any atom is 0.330 e. The first-order valence-electron chi connectivity index (χ1n) is 11.8. The van der Waals surface area contributed by atoms with Crippen LogP contribution in [0.4, 0.5) is 0 Å². The van der Waals surface area contributed by atoms with Gasteiger partial charge in [-0.2, -0.15) is 0 Å². The number of ether oxygens (including phenoxy) is 1. The highest BCUT2D eigenvalue weighted by Gasteiger charge is 2.32. The van der Waals surface area contributed by atoms with Crippen LogP contribution < -0.4 is 10.6 Å². The van der Waals surface area contributed by atoms with Crippen LogP contribution in [0, 0.1) is 23.7 Å². The smallest absolute Gasteiger partial charge is 0.330 e. The third-order valence-corrected chi connectivity index (χ3v) is 6.21. The Kier molecular flexibility index (Phi) is 10.4. The van der Waals surface area contributed by atoms with Crippen molar-refractivity contribution < 1.29 is 19.1 Å². The van der Waals surface area contributed by atoms with Crippen molar-refractivity contribution in [2.45, 2.75) is 59.4 Å². The van der Waals surface area contributed by atoms with E-state index in [4.69, 9.17) is 4.74 Å². The molecule has 2 N–H and O–H groups in total. The van der Waals surface area contributed by atoms with Crippen LogP contribution in [0.3, 0.4) is 0 Å². The molecule has 1 aliphatic rings. The van der Waals surface area contributed by atoms with Crippen LogP contribution in [0.2, 0.25) is 0 Å². The van der Waals surface area contributed by atoms with E-state index in [1.165, 1.54) is 6.08 Å². The fraction of sp³-hybridized carbons (Fsp3) is 0.577. The number of hydrogen-bond donors (Lipinski definition) is 2. The third-order valence-electron chi connectivity index (χ3n) is 6.21. The molecule has 1 heterocycles. The molecule has 2 amide bonds. The fourth-order valence-electron chi connectivity index (χ4n) is 4.39. The monoisotopic (exact) mass is 442 g/mol. The molecule has 1 fully saturated rings. The van der Waals surface area contributed by atoms with E-state index in [1.54, 1.807) is 6.92 Å². The fourth-order valence-corrected chi connectivity index (χ4v) is 4.39. The molecule has 176 valence electrons. The molecule has 1 aliphatic heterocycles. The van der Waals surface area contributed by atoms with Gasteiger partial charge in [0.25, 0.3) is 0 Å². The molecule has 1 saturated heterocycles. The number of carbonyl (C=O) groups excluding carboxylic acids is 3. The molecule has 0 radical (unpaired) electrons. The summed E-state index contributed by atoms with van der Waals surface area (Å²) >= 11 is 0. The zero-order chi connectivity index (χ0) is 23.5. The van der Waals surface area contributed by atoms with Gasteiger partial charge < -0.3 is 15.4 Å². The lowest BCUT2D eigenvalue weighted by molar-refractivity contribution is -0.137. The minimum atomic E-state index is -0.410. The summed E-state index contributed by atoms with van der Waals surface area (Å²) < 4.78 is 5.06. The molecule has 0 spiro atoms. The van der Waals surface area contributed by atoms with Gasteiger partial charge in [-0.1, -0.05) is 57.2 Å². The molecule has 0 saturated carbocycles. The molecule has 1 aromatic rings. The number of nitrogens with one attached hydrogen (secondary N) is 2. The van der Waals surface area contributed by atoms with Gasteiger partial charge in [-0.25, -0.2) is 4.79 Å². The van der Waals surface area contributed by atoms with Crippen LogP contribution in [0.25, 0.3) is 0 Å². The summed E-state index contributed by atoms with van der Waals surface area (Å²) in [6, 6.07) is 9.75. The largest absolute Gasteiger partial charge is 0.463 e. The molecule has 6 nitrogen and oxygen atoms in total. The number of esters is 1. The van der Waals surface area contributed by atoms with E-state index in [2.05, 4.69) is 24.5 Å². The summed E-state index contributed by atoms with van der Waals surface area (Å²) in [7, 11) is 0. The maximum atomic E-state index is 13.2. The highest BCUT2D eigenvalue weighted by atomic mass is 16.5. The van der Waals surface area contributed by atoms with Gasteiger partial charge in [0.15, 0.2) is 0 Å². The Balaban J connectivity index is 2.32. The summed E-state index contributed by atoms with van der Waals surface area (Å²) in [5, 5.41) is 6.16. The topological polar surface area (TPSA) is 84.5 Å². The summed E-state index contributed by atoms with van der Waals surface area (Å²) in [6.07, 6.45) is 5.96. The van der Waals surface area contributed by atoms with Crippen LogP contribution in [0.15, 0.2) is 42.5 Å². The van der Waals surface area contributed by atoms with Crippen LogP contribution in [-0.4, -0.2) is 37.0 Å². The normalized spacial score (nSPS) is 18.9. The average Bonchev–Trinajstić information content (AvgIpc) is 3.16. The number of rotatable bonds is 12. The van der Waals surface area contributed by atoms with Crippen LogP contribution in [0.5, 0.6) is 0 Å². The van der Waals surface area contributed by atoms with E-state index >= 15 is 0 Å². The van der Waals surface area contributed by atoms with Gasteiger partial charge in [0.05, 0.1) is 6.61 Å². The van der Waals surface area contributed by atoms with Crippen molar-refractivity contribution in [3.63, 3.8) is 0 Å². The first-order valence-corrected chi connectivity index (χ1v) is 11.8. The Hall–Kier alpha value is -2.63. The molecule has 0 unspecified atom stereocenters. The van der Waals surface area contributed by atoms with E-state index in [9.17, 15) is 14.4 Å². The van der Waals surface area contributed by atoms with Gasteiger partial charge >= 0.3 is 5.97 Å². The molecular formula is C26H38N2O4. The highest BCUT2D eigenvalue weighted by Crippen LogP contribution is 2.26. The molecule has 4 atom stereocenters. The zero-order valence-corrected chi connectivity index (χ0v) is 19.8. The van der Waals surface area contributed by atoms with Gasteiger partial charge in [0, 0.05) is 30.5 Å². The van der Waals surface area contributed by atoms with Gasteiger partial charge in [0.2, 0.25) is 11.8 Å². The average molecular weight is 443 g/mol. The molecular weight excluding hydrogens is 404 g/mol. The van der Waals surface area contributed by atoms with Crippen molar-refractivity contribution in [2.24, 2.45) is 23.7 Å². The lowest BCUT2D eigenvalue weighted by atomic mass is 9.83. The van der Waals surface area contributed by atoms with Gasteiger partial charge in [-0.05, 0) is 50.0 Å². The lowest BCUT2D eigenvalue weighted by Gasteiger charge is -2.30. The quantitative estimate of drug-likeness (QED) is 0.382. The lowest BCUT2D eigenvalue weighted by Crippen LogP contribution is -2.45. The third kappa shape index (κ3) is 7.81. The summed E-state index contributed by atoms with van der Waals surface area (Å²) in [5.41, 5.74) is 1.10. The van der Waals surface area contributed by atoms with Crippen LogP contribution in [0.1, 0.15) is 52.5 Å². The SMILES string of the molecule is CCOC(=O)/C=C/[C@H](C[C@@H]1CCNC1=O)[C@H](Cc1ccccc1)NC(=O)[C@@H](CC)C(C)C. The second-order valence-electron chi connectivity index (χ2n) is 8.85. The van der Waals surface area contributed by atoms with Crippen molar-refractivity contribution in [3.05, 3.63) is 48.0 Å². The van der Waals surface area contributed by atoms with E-state index in [0.717, 1.165) is 18.4 Å². The highest BCUT2D eigenvalue weighted by molar-refractivity contribution is 5.82. The maximum absolute atomic E-state index is 13.2. The van der Waals surface area contributed by atoms with Crippen molar-refractivity contribution in [1.29, 1.82) is 0 Å². The second kappa shape index (κ2) is 13.0. The molecule has 0 aliphatic carbocycles. The number of hydrogen-bond acceptors (Lipinski definition) is 4. The Morgan fingerprint density at radius 1 is 1.22 bits per heavy atom. The molecule has 1 aromatic carbocycles. The molecule has 0 aromatic heterocycles. The molecule has 32 heavy (non-hydrogen) atoms. The summed E-state index contributed by atoms with van der Waals surface area (Å²) in [6.45, 7) is 8.87. The Morgan fingerprint density at radius 3 is 2.50 bits per heavy atom. The summed E-state index contributed by atoms with van der Waals surface area (Å²) in [5.74, 6) is -0.515. The standard InChI is InChI=1S/C26H38N2O4/c1-5-22(18(3)4)26(31)28-23(16-19-10-8-7-9-11-19)20(12-13-24(29)32-6-2)17-21-14-15-27-25(21)30/h7-13,18,20-23H,5-6,14-17H2,1-4H3,(H,27,30)(H,28,31)/b13-12+/t20-,21+,22+,23+/m1/s1. The molecule has 6 heteroatoms. The first-order chi connectivity index (χ1) is 15.3. The second-order valence-corrected chi connectivity index (χ2v) is 8.85. The van der Waals surface area contributed by atoms with Gasteiger partial charge in [-0.3, -0.25) is 9.59 Å². The van der Waals surface area contributed by atoms with E-state index in [1.807, 2.05) is 43.3 Å². The predicted octanol–water partition coefficient (Wildman–Crippen LogP) is 3.66. The summed E-state index contributed by atoms with van der Waals surface area (Å²) in [4.78, 5) is 37.5. The molecule has 0 bridgehead atoms. The van der Waals surface area contributed by atoms with Crippen LogP contribution in [-0.2, 0) is 25.5 Å². The van der Waals surface area contributed by atoms with Gasteiger partial charge in [0.1, 0.15) is 0 Å². The van der Waals surface area contributed by atoms with E-state index < -0.39 is 5.97 Å². The predicted molar refractivity (Wildman–Crippen MR) is 126 cm³/mol. The molecule has 2 rings (SSSR count). The van der Waals surface area contributed by atoms with Crippen molar-refractivity contribution in [2.75, 3.05) is 13.2 Å². The minimum Gasteiger partial charge on any atom is -0.463 e. The van der Waals surface area contributed by atoms with Crippen molar-refractivity contribution in [1.82, 2.24) is 10.6 Å².